The Labute approximate surface area is 162 Å². The normalized spacial score (nSPS) is 12.2. The first kappa shape index (κ1) is 20.4. The number of pyridine rings is 1. The lowest BCUT2D eigenvalue weighted by molar-refractivity contribution is 0.696. The molecule has 5 heteroatoms. The van der Waals surface area contributed by atoms with E-state index in [1.807, 2.05) is 24.4 Å². The summed E-state index contributed by atoms with van der Waals surface area (Å²) in [6, 6.07) is 14.7. The van der Waals surface area contributed by atoms with E-state index in [0.717, 1.165) is 31.2 Å². The molecule has 4 nitrogen and oxygen atoms in total. The zero-order valence-corrected chi connectivity index (χ0v) is 17.0. The molecule has 2 rings (SSSR count). The van der Waals surface area contributed by atoms with Crippen LogP contribution in [0, 0.1) is 6.92 Å². The van der Waals surface area contributed by atoms with E-state index in [1.54, 1.807) is 7.05 Å². The van der Waals surface area contributed by atoms with Gasteiger partial charge in [-0.25, -0.2) is 0 Å². The van der Waals surface area contributed by atoms with Gasteiger partial charge in [-0.1, -0.05) is 42.8 Å². The van der Waals surface area contributed by atoms with E-state index in [4.69, 9.17) is 0 Å². The summed E-state index contributed by atoms with van der Waals surface area (Å²) in [5.41, 5.74) is 3.72. The zero-order valence-electron chi connectivity index (χ0n) is 14.6. The molecule has 1 unspecified atom stereocenters. The average molecular weight is 438 g/mol. The van der Waals surface area contributed by atoms with E-state index >= 15 is 0 Å². The van der Waals surface area contributed by atoms with Gasteiger partial charge >= 0.3 is 0 Å². The first-order valence-corrected chi connectivity index (χ1v) is 8.10. The van der Waals surface area contributed by atoms with Crippen LogP contribution in [0.3, 0.4) is 0 Å². The minimum Gasteiger partial charge on any atom is -0.356 e. The highest BCUT2D eigenvalue weighted by molar-refractivity contribution is 14.0. The Morgan fingerprint density at radius 2 is 1.88 bits per heavy atom. The fourth-order valence-electron chi connectivity index (χ4n) is 2.34. The molecular formula is C19H27IN4. The molecule has 24 heavy (non-hydrogen) atoms. The number of nitrogens with one attached hydrogen (secondary N) is 2. The van der Waals surface area contributed by atoms with Crippen molar-refractivity contribution in [2.75, 3.05) is 20.1 Å². The largest absolute Gasteiger partial charge is 0.356 e. The molecule has 0 bridgehead atoms. The van der Waals surface area contributed by atoms with Crippen molar-refractivity contribution >= 4 is 29.9 Å². The number of aliphatic imine (C=N–C) groups is 1. The Morgan fingerprint density at radius 3 is 2.50 bits per heavy atom. The second-order valence-corrected chi connectivity index (χ2v) is 5.76. The number of rotatable bonds is 6. The van der Waals surface area contributed by atoms with E-state index in [0.29, 0.717) is 5.92 Å². The van der Waals surface area contributed by atoms with E-state index in [2.05, 4.69) is 58.7 Å². The number of guanidine groups is 1. The molecule has 0 saturated heterocycles. The minimum absolute atomic E-state index is 0. The summed E-state index contributed by atoms with van der Waals surface area (Å²) < 4.78 is 0. The fourth-order valence-corrected chi connectivity index (χ4v) is 2.34. The van der Waals surface area contributed by atoms with Crippen LogP contribution in [0.2, 0.25) is 0 Å². The quantitative estimate of drug-likeness (QED) is 0.412. The van der Waals surface area contributed by atoms with Crippen molar-refractivity contribution in [2.24, 2.45) is 4.99 Å². The minimum atomic E-state index is 0. The smallest absolute Gasteiger partial charge is 0.191 e. The van der Waals surface area contributed by atoms with Crippen LogP contribution in [0.15, 0.2) is 53.7 Å². The topological polar surface area (TPSA) is 49.3 Å². The summed E-state index contributed by atoms with van der Waals surface area (Å²) in [5.74, 6) is 1.27. The number of aromatic nitrogens is 1. The first-order valence-electron chi connectivity index (χ1n) is 8.10. The third-order valence-electron chi connectivity index (χ3n) is 3.85. The summed E-state index contributed by atoms with van der Waals surface area (Å²) >= 11 is 0. The summed E-state index contributed by atoms with van der Waals surface area (Å²) in [6.07, 6.45) is 2.71. The molecule has 2 aromatic rings. The van der Waals surface area contributed by atoms with Crippen molar-refractivity contribution in [1.29, 1.82) is 0 Å². The highest BCUT2D eigenvalue weighted by Crippen LogP contribution is 2.14. The Kier molecular flexibility index (Phi) is 9.37. The highest BCUT2D eigenvalue weighted by Gasteiger charge is 2.06. The van der Waals surface area contributed by atoms with Gasteiger partial charge in [0.05, 0.1) is 0 Å². The molecule has 0 fully saturated rings. The monoisotopic (exact) mass is 438 g/mol. The van der Waals surface area contributed by atoms with Gasteiger partial charge in [0.2, 0.25) is 0 Å². The summed E-state index contributed by atoms with van der Waals surface area (Å²) in [6.45, 7) is 6.00. The number of halogens is 1. The van der Waals surface area contributed by atoms with Gasteiger partial charge in [-0.15, -0.1) is 24.0 Å². The standard InChI is InChI=1S/C19H26N4.HI/c1-15-7-9-17(10-8-15)16(2)14-23-19(20-3)22-13-11-18-6-4-5-12-21-18;/h4-10,12,16H,11,13-14H2,1-3H3,(H2,20,22,23);1H. The van der Waals surface area contributed by atoms with Crippen molar-refractivity contribution in [3.63, 3.8) is 0 Å². The van der Waals surface area contributed by atoms with Crippen LogP contribution in [0.5, 0.6) is 0 Å². The first-order chi connectivity index (χ1) is 11.2. The summed E-state index contributed by atoms with van der Waals surface area (Å²) in [4.78, 5) is 8.60. The van der Waals surface area contributed by atoms with Crippen LogP contribution in [-0.4, -0.2) is 31.1 Å². The van der Waals surface area contributed by atoms with Crippen LogP contribution in [0.1, 0.15) is 29.7 Å². The molecule has 0 spiro atoms. The summed E-state index contributed by atoms with van der Waals surface area (Å²) in [7, 11) is 1.80. The Morgan fingerprint density at radius 1 is 1.12 bits per heavy atom. The SMILES string of the molecule is CN=C(NCCc1ccccn1)NCC(C)c1ccc(C)cc1.I. The fraction of sp³-hybridized carbons (Fsp3) is 0.368. The lowest BCUT2D eigenvalue weighted by atomic mass is 10.0. The summed E-state index contributed by atoms with van der Waals surface area (Å²) in [5, 5.41) is 6.72. The number of aryl methyl sites for hydroxylation is 1. The predicted molar refractivity (Wildman–Crippen MR) is 112 cm³/mol. The van der Waals surface area contributed by atoms with Crippen LogP contribution in [0.25, 0.3) is 0 Å². The van der Waals surface area contributed by atoms with E-state index in [1.165, 1.54) is 11.1 Å². The van der Waals surface area contributed by atoms with Gasteiger partial charge in [0.1, 0.15) is 0 Å². The molecule has 130 valence electrons. The molecule has 0 amide bonds. The molecule has 1 atom stereocenters. The zero-order chi connectivity index (χ0) is 16.5. The molecule has 0 saturated carbocycles. The molecule has 1 heterocycles. The third-order valence-corrected chi connectivity index (χ3v) is 3.85. The van der Waals surface area contributed by atoms with Crippen LogP contribution < -0.4 is 10.6 Å². The molecule has 0 radical (unpaired) electrons. The van der Waals surface area contributed by atoms with Gasteiger partial charge in [-0.05, 0) is 30.5 Å². The maximum absolute atomic E-state index is 4.32. The number of benzene rings is 1. The van der Waals surface area contributed by atoms with E-state index in [9.17, 15) is 0 Å². The second kappa shape index (κ2) is 11.0. The van der Waals surface area contributed by atoms with Crippen molar-refractivity contribution < 1.29 is 0 Å². The van der Waals surface area contributed by atoms with Crippen LogP contribution >= 0.6 is 24.0 Å². The van der Waals surface area contributed by atoms with Crippen LogP contribution in [0.4, 0.5) is 0 Å². The Balaban J connectivity index is 0.00000288. The highest BCUT2D eigenvalue weighted by atomic mass is 127. The molecule has 0 aliphatic rings. The van der Waals surface area contributed by atoms with Crippen molar-refractivity contribution in [3.8, 4) is 0 Å². The molecule has 1 aromatic carbocycles. The maximum Gasteiger partial charge on any atom is 0.191 e. The van der Waals surface area contributed by atoms with Gasteiger partial charge < -0.3 is 10.6 Å². The molecular weight excluding hydrogens is 411 g/mol. The van der Waals surface area contributed by atoms with Crippen molar-refractivity contribution in [2.45, 2.75) is 26.2 Å². The molecule has 0 aliphatic heterocycles. The van der Waals surface area contributed by atoms with E-state index < -0.39 is 0 Å². The van der Waals surface area contributed by atoms with Gasteiger partial charge in [0, 0.05) is 38.4 Å². The third kappa shape index (κ3) is 6.86. The van der Waals surface area contributed by atoms with Gasteiger partial charge in [-0.2, -0.15) is 0 Å². The second-order valence-electron chi connectivity index (χ2n) is 5.76. The van der Waals surface area contributed by atoms with Gasteiger partial charge in [0.15, 0.2) is 5.96 Å². The lowest BCUT2D eigenvalue weighted by Gasteiger charge is -2.16. The molecule has 0 aliphatic carbocycles. The number of hydrogen-bond acceptors (Lipinski definition) is 2. The number of hydrogen-bond donors (Lipinski definition) is 2. The predicted octanol–water partition coefficient (Wildman–Crippen LogP) is 3.52. The van der Waals surface area contributed by atoms with E-state index in [-0.39, 0.29) is 24.0 Å². The Bertz CT molecular complexity index is 611. The molecule has 1 aromatic heterocycles. The van der Waals surface area contributed by atoms with Crippen molar-refractivity contribution in [3.05, 3.63) is 65.5 Å². The lowest BCUT2D eigenvalue weighted by Crippen LogP contribution is -2.40. The maximum atomic E-state index is 4.32. The molecule has 2 N–H and O–H groups in total. The van der Waals surface area contributed by atoms with Crippen molar-refractivity contribution in [1.82, 2.24) is 15.6 Å². The van der Waals surface area contributed by atoms with Gasteiger partial charge in [0.25, 0.3) is 0 Å². The van der Waals surface area contributed by atoms with Gasteiger partial charge in [-0.3, -0.25) is 9.98 Å². The van der Waals surface area contributed by atoms with Crippen LogP contribution in [-0.2, 0) is 6.42 Å². The Hall–Kier alpha value is -1.63. The number of nitrogens with zero attached hydrogens (tertiary/aromatic N) is 2. The average Bonchev–Trinajstić information content (AvgIpc) is 2.59.